The molecule has 6 heteroatoms. The van der Waals surface area contributed by atoms with Gasteiger partial charge in [0.05, 0.1) is 7.05 Å². The van der Waals surface area contributed by atoms with E-state index in [1.54, 1.807) is 6.92 Å². The van der Waals surface area contributed by atoms with Crippen molar-refractivity contribution >= 4 is 21.9 Å². The Labute approximate surface area is 306 Å². The number of aromatic nitrogens is 5. The van der Waals surface area contributed by atoms with Crippen LogP contribution in [0, 0.1) is 6.92 Å². The van der Waals surface area contributed by atoms with Crippen molar-refractivity contribution in [2.75, 3.05) is 0 Å². The predicted molar refractivity (Wildman–Crippen MR) is 210 cm³/mol. The van der Waals surface area contributed by atoms with E-state index >= 15 is 0 Å². The molecule has 0 saturated carbocycles. The van der Waals surface area contributed by atoms with E-state index in [1.165, 1.54) is 0 Å². The van der Waals surface area contributed by atoms with Crippen LogP contribution < -0.4 is 4.57 Å². The van der Waals surface area contributed by atoms with E-state index in [0.717, 1.165) is 67.2 Å². The second-order valence-corrected chi connectivity index (χ2v) is 15.9. The van der Waals surface area contributed by atoms with Crippen molar-refractivity contribution < 1.29 is 13.1 Å². The van der Waals surface area contributed by atoms with Gasteiger partial charge in [-0.2, -0.15) is 4.57 Å². The minimum Gasteiger partial charge on any atom is -0.455 e. The van der Waals surface area contributed by atoms with Crippen LogP contribution in [-0.2, 0) is 24.3 Å². The van der Waals surface area contributed by atoms with Gasteiger partial charge in [-0.15, -0.1) is 0 Å². The molecule has 0 bridgehead atoms. The van der Waals surface area contributed by atoms with Gasteiger partial charge in [0.1, 0.15) is 40.9 Å². The molecule has 0 unspecified atom stereocenters. The smallest absolute Gasteiger partial charge is 0.297 e. The molecular weight excluding hydrogens is 627 g/mol. The molecule has 0 fully saturated rings. The van der Waals surface area contributed by atoms with Crippen molar-refractivity contribution in [3.63, 3.8) is 0 Å². The van der Waals surface area contributed by atoms with Crippen LogP contribution in [0.25, 0.3) is 61.5 Å². The molecule has 0 N–H and O–H groups in total. The van der Waals surface area contributed by atoms with Gasteiger partial charge in [0.25, 0.3) is 5.82 Å². The molecule has 0 spiro atoms. The lowest BCUT2D eigenvalue weighted by atomic mass is 9.90. The van der Waals surface area contributed by atoms with E-state index < -0.39 is 12.3 Å². The first-order valence-electron chi connectivity index (χ1n) is 19.2. The monoisotopic (exact) mass is 679 g/mol. The number of nitrogens with zero attached hydrogens (tertiary/aromatic N) is 5. The third-order valence-corrected chi connectivity index (χ3v) is 9.59. The topological polar surface area (TPSA) is 60.6 Å². The van der Waals surface area contributed by atoms with Gasteiger partial charge in [0.15, 0.2) is 11.4 Å². The molecule has 0 aliphatic rings. The number of rotatable bonds is 6. The SMILES string of the molecule is [2H]C([2H])(C)c1cc(-c2ccc(-c3nc(C(C)(C)C)nc(C(C)(C)C)n3)cc2)cc(C([2H])(C)C)c1-n1cc[n+](C)c1-c1c(C)ccc2c1oc1ccccc12. The summed E-state index contributed by atoms with van der Waals surface area (Å²) < 4.78 is 38.5. The highest BCUT2D eigenvalue weighted by Crippen LogP contribution is 2.40. The highest BCUT2D eigenvalue weighted by molar-refractivity contribution is 6.09. The Hall–Kier alpha value is -5.10. The van der Waals surface area contributed by atoms with Crippen LogP contribution in [0.15, 0.2) is 89.6 Å². The van der Waals surface area contributed by atoms with Gasteiger partial charge in [-0.05, 0) is 59.6 Å². The summed E-state index contributed by atoms with van der Waals surface area (Å²) in [7, 11) is 2.00. The lowest BCUT2D eigenvalue weighted by molar-refractivity contribution is -0.659. The number of hydrogen-bond donors (Lipinski definition) is 0. The van der Waals surface area contributed by atoms with Crippen LogP contribution in [0.1, 0.15) is 101 Å². The van der Waals surface area contributed by atoms with E-state index in [-0.39, 0.29) is 10.8 Å². The first-order chi connectivity index (χ1) is 25.1. The second kappa shape index (κ2) is 12.6. The fourth-order valence-electron chi connectivity index (χ4n) is 6.74. The summed E-state index contributed by atoms with van der Waals surface area (Å²) in [5, 5.41) is 2.06. The third-order valence-electron chi connectivity index (χ3n) is 9.59. The van der Waals surface area contributed by atoms with Crippen LogP contribution in [0.2, 0.25) is 0 Å². The van der Waals surface area contributed by atoms with Gasteiger partial charge in [-0.1, -0.05) is 117 Å². The van der Waals surface area contributed by atoms with Crippen molar-refractivity contribution in [2.24, 2.45) is 7.05 Å². The lowest BCUT2D eigenvalue weighted by Gasteiger charge is -2.22. The zero-order valence-corrected chi connectivity index (χ0v) is 31.7. The van der Waals surface area contributed by atoms with Crippen molar-refractivity contribution in [1.29, 1.82) is 0 Å². The van der Waals surface area contributed by atoms with Crippen molar-refractivity contribution in [3.8, 4) is 39.6 Å². The Morgan fingerprint density at radius 1 is 0.824 bits per heavy atom. The molecule has 0 atom stereocenters. The van der Waals surface area contributed by atoms with E-state index in [0.29, 0.717) is 22.6 Å². The Bertz CT molecular complexity index is 2490. The molecule has 0 saturated heterocycles. The maximum Gasteiger partial charge on any atom is 0.297 e. The summed E-state index contributed by atoms with van der Waals surface area (Å²) in [5.74, 6) is 1.89. The molecular formula is C45H50N5O+. The first kappa shape index (κ1) is 30.7. The van der Waals surface area contributed by atoms with Crippen LogP contribution in [0.5, 0.6) is 0 Å². The summed E-state index contributed by atoms with van der Waals surface area (Å²) in [6, 6.07) is 24.4. The van der Waals surface area contributed by atoms with Crippen molar-refractivity contribution in [2.45, 2.75) is 92.3 Å². The fraction of sp³-hybridized carbons (Fsp3) is 0.333. The first-order valence-corrected chi connectivity index (χ1v) is 17.7. The largest absolute Gasteiger partial charge is 0.455 e. The summed E-state index contributed by atoms with van der Waals surface area (Å²) in [6.45, 7) is 20.0. The van der Waals surface area contributed by atoms with Crippen LogP contribution in [0.4, 0.5) is 0 Å². The molecule has 0 radical (unpaired) electrons. The molecule has 51 heavy (non-hydrogen) atoms. The summed E-state index contributed by atoms with van der Waals surface area (Å²) in [5.41, 5.74) is 7.52. The molecule has 0 amide bonds. The van der Waals surface area contributed by atoms with Gasteiger partial charge >= 0.3 is 0 Å². The van der Waals surface area contributed by atoms with E-state index in [2.05, 4.69) is 71.2 Å². The molecule has 0 aliphatic heterocycles. The normalized spacial score (nSPS) is 13.8. The van der Waals surface area contributed by atoms with E-state index in [9.17, 15) is 4.11 Å². The zero-order valence-electron chi connectivity index (χ0n) is 34.7. The maximum atomic E-state index is 9.46. The number of para-hydroxylation sites is 1. The minimum absolute atomic E-state index is 0.248. The van der Waals surface area contributed by atoms with Crippen LogP contribution in [-0.4, -0.2) is 19.5 Å². The average Bonchev–Trinajstić information content (AvgIpc) is 3.66. The third kappa shape index (κ3) is 6.15. The van der Waals surface area contributed by atoms with Gasteiger partial charge in [0, 0.05) is 36.8 Å². The zero-order chi connectivity index (χ0) is 39.1. The Morgan fingerprint density at radius 2 is 1.47 bits per heavy atom. The molecule has 4 aromatic carbocycles. The van der Waals surface area contributed by atoms with Crippen molar-refractivity contribution in [3.05, 3.63) is 114 Å². The molecule has 260 valence electrons. The highest BCUT2D eigenvalue weighted by Gasteiger charge is 2.30. The number of benzene rings is 4. The van der Waals surface area contributed by atoms with E-state index in [4.69, 9.17) is 19.4 Å². The number of fused-ring (bicyclic) bond motifs is 3. The lowest BCUT2D eigenvalue weighted by Crippen LogP contribution is -2.29. The van der Waals surface area contributed by atoms with Crippen LogP contribution >= 0.6 is 0 Å². The molecule has 7 rings (SSSR count). The van der Waals surface area contributed by atoms with Gasteiger partial charge in [-0.3, -0.25) is 0 Å². The Balaban J connectivity index is 1.42. The highest BCUT2D eigenvalue weighted by atomic mass is 16.3. The Morgan fingerprint density at radius 3 is 2.10 bits per heavy atom. The standard InChI is InChI=1S/C45H50N5O/c1-12-29-25-32(30-18-20-31(21-19-30)40-46-42(44(5,6)7)48-43(47-40)45(8,9)10)26-35(27(2)3)38(29)50-24-23-49(11)41(50)37-28(4)17-22-34-33-15-13-14-16-36(33)51-39(34)37/h13-27H,12H2,1-11H3/q+1/i12D2,27D. The maximum absolute atomic E-state index is 9.46. The predicted octanol–water partition coefficient (Wildman–Crippen LogP) is 11.0. The van der Waals surface area contributed by atoms with Gasteiger partial charge < -0.3 is 4.42 Å². The van der Waals surface area contributed by atoms with E-state index in [1.807, 2.05) is 92.5 Å². The molecule has 3 aromatic heterocycles. The van der Waals surface area contributed by atoms with Gasteiger partial charge in [0.2, 0.25) is 0 Å². The molecule has 3 heterocycles. The number of imidazole rings is 1. The summed E-state index contributed by atoms with van der Waals surface area (Å²) in [4.78, 5) is 14.6. The summed E-state index contributed by atoms with van der Waals surface area (Å²) >= 11 is 0. The second-order valence-electron chi connectivity index (χ2n) is 15.9. The number of hydrogen-bond acceptors (Lipinski definition) is 4. The quantitative estimate of drug-likeness (QED) is 0.164. The number of furan rings is 1. The van der Waals surface area contributed by atoms with Crippen molar-refractivity contribution in [1.82, 2.24) is 19.5 Å². The fourth-order valence-corrected chi connectivity index (χ4v) is 6.74. The molecule has 0 aliphatic carbocycles. The minimum atomic E-state index is -1.75. The van der Waals surface area contributed by atoms with Crippen LogP contribution in [0.3, 0.4) is 0 Å². The molecule has 6 nitrogen and oxygen atoms in total. The van der Waals surface area contributed by atoms with Gasteiger partial charge in [-0.25, -0.2) is 19.5 Å². The molecule has 7 aromatic rings. The summed E-state index contributed by atoms with van der Waals surface area (Å²) in [6.07, 6.45) is 2.20. The average molecular weight is 680 g/mol. The number of aryl methyl sites for hydroxylation is 3. The Kier molecular flexibility index (Phi) is 7.58.